The molecule has 8 nitrogen and oxygen atoms in total. The molecule has 1 heterocycles. The number of fused-ring (bicyclic) bond motifs is 1. The molecule has 0 aromatic heterocycles. The van der Waals surface area contributed by atoms with Gasteiger partial charge in [-0.25, -0.2) is 4.79 Å². The summed E-state index contributed by atoms with van der Waals surface area (Å²) in [6, 6.07) is 14.8. The maximum atomic E-state index is 12.3. The third-order valence-electron chi connectivity index (χ3n) is 5.61. The van der Waals surface area contributed by atoms with Gasteiger partial charge in [0.25, 0.3) is 0 Å². The van der Waals surface area contributed by atoms with Crippen molar-refractivity contribution in [2.75, 3.05) is 19.7 Å². The summed E-state index contributed by atoms with van der Waals surface area (Å²) in [5, 5.41) is 39.5. The maximum Gasteiger partial charge on any atom is 0.410 e. The Kier molecular flexibility index (Phi) is 5.45. The second kappa shape index (κ2) is 8.00. The molecule has 30 heavy (non-hydrogen) atoms. The van der Waals surface area contributed by atoms with Gasteiger partial charge in [-0.2, -0.15) is 21.0 Å². The van der Waals surface area contributed by atoms with Crippen LogP contribution >= 0.6 is 0 Å². The molecule has 3 rings (SSSR count). The molecule has 148 valence electrons. The molecule has 2 atom stereocenters. The van der Waals surface area contributed by atoms with E-state index in [1.54, 1.807) is 37.3 Å². The predicted molar refractivity (Wildman–Crippen MR) is 105 cm³/mol. The van der Waals surface area contributed by atoms with Gasteiger partial charge in [-0.3, -0.25) is 0 Å². The van der Waals surface area contributed by atoms with Gasteiger partial charge in [0.15, 0.2) is 5.41 Å². The van der Waals surface area contributed by atoms with Crippen LogP contribution < -0.4 is 5.73 Å². The number of carbonyl (C=O) groups is 1. The lowest BCUT2D eigenvalue weighted by Gasteiger charge is -2.45. The molecule has 2 unspecified atom stereocenters. The smallest absolute Gasteiger partial charge is 0.410 e. The molecule has 0 saturated carbocycles. The molecular formula is C22H18N6O2. The normalized spacial score (nSPS) is 21.8. The van der Waals surface area contributed by atoms with E-state index in [0.717, 1.165) is 0 Å². The molecule has 0 radical (unpaired) electrons. The fourth-order valence-corrected chi connectivity index (χ4v) is 4.26. The zero-order valence-electron chi connectivity index (χ0n) is 16.3. The van der Waals surface area contributed by atoms with Gasteiger partial charge in [0.1, 0.15) is 6.07 Å². The Bertz CT molecular complexity index is 1110. The molecule has 0 fully saturated rings. The minimum Gasteiger partial charge on any atom is -0.450 e. The van der Waals surface area contributed by atoms with Crippen LogP contribution in [0.3, 0.4) is 0 Å². The summed E-state index contributed by atoms with van der Waals surface area (Å²) in [6.45, 7) is 2.23. The largest absolute Gasteiger partial charge is 0.450 e. The van der Waals surface area contributed by atoms with Crippen molar-refractivity contribution in [3.8, 4) is 24.3 Å². The van der Waals surface area contributed by atoms with Gasteiger partial charge in [0.2, 0.25) is 0 Å². The number of allylic oxidation sites excluding steroid dienone is 2. The zero-order valence-corrected chi connectivity index (χ0v) is 16.3. The van der Waals surface area contributed by atoms with Crippen LogP contribution in [0.15, 0.2) is 47.2 Å². The van der Waals surface area contributed by atoms with Gasteiger partial charge in [-0.1, -0.05) is 24.3 Å². The van der Waals surface area contributed by atoms with Gasteiger partial charge < -0.3 is 15.4 Å². The van der Waals surface area contributed by atoms with E-state index in [0.29, 0.717) is 16.7 Å². The van der Waals surface area contributed by atoms with E-state index in [4.69, 9.17) is 10.5 Å². The van der Waals surface area contributed by atoms with Crippen LogP contribution in [-0.2, 0) is 4.74 Å². The number of carbonyl (C=O) groups excluding carboxylic acids is 1. The van der Waals surface area contributed by atoms with E-state index in [9.17, 15) is 25.8 Å². The van der Waals surface area contributed by atoms with Crippen molar-refractivity contribution in [3.63, 3.8) is 0 Å². The fraction of sp³-hybridized carbons (Fsp3) is 0.318. The maximum absolute atomic E-state index is 12.3. The average Bonchev–Trinajstić information content (AvgIpc) is 2.78. The zero-order chi connectivity index (χ0) is 21.9. The standard InChI is InChI=1S/C22H18N6O2/c1-2-30-21(29)28-8-7-16-17(10-24)20(27)22(12-25,13-26)19(18(16)11-28)15-6-4-3-5-14(15)9-23/h3-7,18-19H,2,8,11,27H2,1H3. The molecule has 1 aromatic rings. The van der Waals surface area contributed by atoms with Crippen LogP contribution in [0.1, 0.15) is 24.0 Å². The Labute approximate surface area is 174 Å². The first-order valence-electron chi connectivity index (χ1n) is 9.33. The lowest BCUT2D eigenvalue weighted by Crippen LogP contribution is -2.49. The molecule has 0 bridgehead atoms. The highest BCUT2D eigenvalue weighted by molar-refractivity contribution is 5.69. The lowest BCUT2D eigenvalue weighted by molar-refractivity contribution is 0.0999. The molecule has 0 saturated heterocycles. The number of amides is 1. The molecule has 1 aliphatic heterocycles. The van der Waals surface area contributed by atoms with Crippen molar-refractivity contribution in [1.29, 1.82) is 21.0 Å². The Morgan fingerprint density at radius 3 is 2.53 bits per heavy atom. The van der Waals surface area contributed by atoms with Crippen LogP contribution in [0.5, 0.6) is 0 Å². The molecule has 2 aliphatic rings. The minimum absolute atomic E-state index is 0.0808. The quantitative estimate of drug-likeness (QED) is 0.803. The fourth-order valence-electron chi connectivity index (χ4n) is 4.26. The number of rotatable bonds is 2. The Morgan fingerprint density at radius 2 is 1.93 bits per heavy atom. The third kappa shape index (κ3) is 2.93. The summed E-state index contributed by atoms with van der Waals surface area (Å²) >= 11 is 0. The number of nitrogens with zero attached hydrogens (tertiary/aromatic N) is 5. The van der Waals surface area contributed by atoms with E-state index in [1.807, 2.05) is 18.2 Å². The predicted octanol–water partition coefficient (Wildman–Crippen LogP) is 2.44. The first-order chi connectivity index (χ1) is 14.5. The Balaban J connectivity index is 2.30. The summed E-state index contributed by atoms with van der Waals surface area (Å²) in [4.78, 5) is 13.8. The van der Waals surface area contributed by atoms with Crippen molar-refractivity contribution in [2.45, 2.75) is 12.8 Å². The molecule has 2 N–H and O–H groups in total. The van der Waals surface area contributed by atoms with Gasteiger partial charge >= 0.3 is 6.09 Å². The van der Waals surface area contributed by atoms with Crippen molar-refractivity contribution < 1.29 is 9.53 Å². The van der Waals surface area contributed by atoms with E-state index in [2.05, 4.69) is 6.07 Å². The van der Waals surface area contributed by atoms with E-state index in [1.165, 1.54) is 4.90 Å². The first kappa shape index (κ1) is 20.5. The van der Waals surface area contributed by atoms with Crippen LogP contribution in [0.2, 0.25) is 0 Å². The summed E-state index contributed by atoms with van der Waals surface area (Å²) in [6.07, 6.45) is 1.18. The van der Waals surface area contributed by atoms with Crippen LogP contribution in [0.4, 0.5) is 4.79 Å². The highest BCUT2D eigenvalue weighted by Gasteiger charge is 2.55. The van der Waals surface area contributed by atoms with Gasteiger partial charge in [-0.05, 0) is 24.1 Å². The monoisotopic (exact) mass is 398 g/mol. The molecule has 0 spiro atoms. The van der Waals surface area contributed by atoms with Crippen LogP contribution in [-0.4, -0.2) is 30.7 Å². The van der Waals surface area contributed by atoms with Gasteiger partial charge in [-0.15, -0.1) is 0 Å². The molecule has 1 aromatic carbocycles. The highest BCUT2D eigenvalue weighted by atomic mass is 16.6. The second-order valence-corrected chi connectivity index (χ2v) is 6.98. The molecule has 8 heteroatoms. The van der Waals surface area contributed by atoms with Crippen LogP contribution in [0.25, 0.3) is 0 Å². The first-order valence-corrected chi connectivity index (χ1v) is 9.33. The molecule has 1 amide bonds. The van der Waals surface area contributed by atoms with E-state index < -0.39 is 23.3 Å². The number of hydrogen-bond donors (Lipinski definition) is 1. The van der Waals surface area contributed by atoms with Gasteiger partial charge in [0.05, 0.1) is 41.6 Å². The summed E-state index contributed by atoms with van der Waals surface area (Å²) in [5.41, 5.74) is 5.69. The van der Waals surface area contributed by atoms with Crippen molar-refractivity contribution in [3.05, 3.63) is 58.3 Å². The third-order valence-corrected chi connectivity index (χ3v) is 5.61. The summed E-state index contributed by atoms with van der Waals surface area (Å²) in [7, 11) is 0. The van der Waals surface area contributed by atoms with E-state index in [-0.39, 0.29) is 31.0 Å². The Hall–Kier alpha value is -4.27. The topological polar surface area (TPSA) is 151 Å². The van der Waals surface area contributed by atoms with Crippen molar-refractivity contribution >= 4 is 6.09 Å². The van der Waals surface area contributed by atoms with Crippen LogP contribution in [0, 0.1) is 56.7 Å². The summed E-state index contributed by atoms with van der Waals surface area (Å²) < 4.78 is 5.10. The lowest BCUT2D eigenvalue weighted by atomic mass is 9.57. The Morgan fingerprint density at radius 1 is 1.23 bits per heavy atom. The van der Waals surface area contributed by atoms with Crippen molar-refractivity contribution in [1.82, 2.24) is 4.90 Å². The SMILES string of the molecule is CCOC(=O)N1CC=C2C(C#N)=C(N)C(C#N)(C#N)C(c3ccccc3C#N)C2C1. The van der Waals surface area contributed by atoms with Crippen molar-refractivity contribution in [2.24, 2.45) is 17.1 Å². The number of nitriles is 4. The second-order valence-electron chi connectivity index (χ2n) is 6.98. The average molecular weight is 398 g/mol. The number of nitrogens with two attached hydrogens (primary N) is 1. The van der Waals surface area contributed by atoms with Gasteiger partial charge in [0, 0.05) is 24.9 Å². The molecular weight excluding hydrogens is 380 g/mol. The number of hydrogen-bond acceptors (Lipinski definition) is 7. The number of ether oxygens (including phenoxy) is 1. The van der Waals surface area contributed by atoms with E-state index >= 15 is 0 Å². The summed E-state index contributed by atoms with van der Waals surface area (Å²) in [5.74, 6) is -1.43. The molecule has 1 aliphatic carbocycles. The number of benzene rings is 1. The minimum atomic E-state index is -1.86. The highest BCUT2D eigenvalue weighted by Crippen LogP contribution is 2.54.